The Morgan fingerprint density at radius 2 is 1.86 bits per heavy atom. The van der Waals surface area contributed by atoms with Crippen molar-refractivity contribution >= 4 is 11.7 Å². The van der Waals surface area contributed by atoms with Crippen molar-refractivity contribution in [1.82, 2.24) is 5.43 Å². The molecule has 0 saturated heterocycles. The summed E-state index contributed by atoms with van der Waals surface area (Å²) in [5.41, 5.74) is 7.89. The van der Waals surface area contributed by atoms with Crippen LogP contribution in [0.4, 0.5) is 4.79 Å². The Morgan fingerprint density at radius 1 is 1.29 bits per heavy atom. The molecule has 0 atom stereocenters. The molecule has 0 fully saturated rings. The molecule has 0 aromatic carbocycles. The molecule has 2 amide bonds. The number of carbonyl (C=O) groups excluding carboxylic acids is 1. The molecule has 0 aromatic heterocycles. The first-order valence-corrected chi connectivity index (χ1v) is 4.31. The van der Waals surface area contributed by atoms with E-state index in [4.69, 9.17) is 5.73 Å². The van der Waals surface area contributed by atoms with Crippen molar-refractivity contribution in [2.45, 2.75) is 6.92 Å². The minimum Gasteiger partial charge on any atom is -0.350 e. The van der Waals surface area contributed by atoms with Crippen molar-refractivity contribution in [1.29, 1.82) is 0 Å². The van der Waals surface area contributed by atoms with Crippen molar-refractivity contribution in [3.63, 3.8) is 0 Å². The van der Waals surface area contributed by atoms with Crippen molar-refractivity contribution in [2.24, 2.45) is 16.8 Å². The van der Waals surface area contributed by atoms with E-state index < -0.39 is 6.03 Å². The van der Waals surface area contributed by atoms with E-state index in [-0.39, 0.29) is 5.92 Å². The second-order valence-electron chi connectivity index (χ2n) is 2.91. The topological polar surface area (TPSA) is 67.5 Å². The van der Waals surface area contributed by atoms with Crippen LogP contribution in [0.2, 0.25) is 0 Å². The fourth-order valence-corrected chi connectivity index (χ4v) is 1.06. The van der Waals surface area contributed by atoms with Gasteiger partial charge in [-0.05, 0) is 6.92 Å². The standard InChI is InChI=1S/C10H13N3O/c1-8(12-13-10(11)14)9-6-4-2-3-5-7-9/h2-7,9H,1H3,(H3,11,13,14)/b12-8-. The van der Waals surface area contributed by atoms with Gasteiger partial charge in [-0.2, -0.15) is 5.10 Å². The molecule has 0 radical (unpaired) electrons. The molecule has 14 heavy (non-hydrogen) atoms. The van der Waals surface area contributed by atoms with Crippen LogP contribution >= 0.6 is 0 Å². The van der Waals surface area contributed by atoms with Crippen LogP contribution in [-0.2, 0) is 0 Å². The van der Waals surface area contributed by atoms with Gasteiger partial charge in [0, 0.05) is 11.6 Å². The summed E-state index contributed by atoms with van der Waals surface area (Å²) in [7, 11) is 0. The predicted molar refractivity (Wildman–Crippen MR) is 56.7 cm³/mol. The Hall–Kier alpha value is -1.84. The number of nitrogens with one attached hydrogen (secondary N) is 1. The molecule has 0 saturated carbocycles. The third-order valence-corrected chi connectivity index (χ3v) is 1.80. The second-order valence-corrected chi connectivity index (χ2v) is 2.91. The van der Waals surface area contributed by atoms with Gasteiger partial charge in [0.2, 0.25) is 0 Å². The highest BCUT2D eigenvalue weighted by Crippen LogP contribution is 2.07. The number of allylic oxidation sites excluding steroid dienone is 6. The van der Waals surface area contributed by atoms with Gasteiger partial charge in [-0.1, -0.05) is 36.5 Å². The van der Waals surface area contributed by atoms with Gasteiger partial charge in [-0.15, -0.1) is 0 Å². The van der Waals surface area contributed by atoms with E-state index in [9.17, 15) is 4.79 Å². The third kappa shape index (κ3) is 3.26. The highest BCUT2D eigenvalue weighted by Gasteiger charge is 2.04. The number of hydrogen-bond acceptors (Lipinski definition) is 2. The van der Waals surface area contributed by atoms with E-state index in [0.29, 0.717) is 0 Å². The summed E-state index contributed by atoms with van der Waals surface area (Å²) in [6.45, 7) is 1.83. The zero-order valence-electron chi connectivity index (χ0n) is 7.97. The number of hydrogen-bond donors (Lipinski definition) is 2. The highest BCUT2D eigenvalue weighted by atomic mass is 16.2. The molecule has 1 rings (SSSR count). The van der Waals surface area contributed by atoms with Gasteiger partial charge in [0.25, 0.3) is 0 Å². The maximum Gasteiger partial charge on any atom is 0.332 e. The number of rotatable bonds is 2. The van der Waals surface area contributed by atoms with Crippen molar-refractivity contribution in [3.05, 3.63) is 36.5 Å². The summed E-state index contributed by atoms with van der Waals surface area (Å²) in [4.78, 5) is 10.4. The van der Waals surface area contributed by atoms with Crippen LogP contribution < -0.4 is 11.2 Å². The molecule has 4 heteroatoms. The minimum atomic E-state index is -0.649. The van der Waals surface area contributed by atoms with Gasteiger partial charge in [0.1, 0.15) is 0 Å². The molecule has 1 aliphatic carbocycles. The Kier molecular flexibility index (Phi) is 3.67. The average Bonchev–Trinajstić information content (AvgIpc) is 2.42. The average molecular weight is 191 g/mol. The first-order valence-electron chi connectivity index (χ1n) is 4.31. The van der Waals surface area contributed by atoms with E-state index in [1.165, 1.54) is 0 Å². The first-order chi connectivity index (χ1) is 6.70. The molecule has 0 spiro atoms. The smallest absolute Gasteiger partial charge is 0.332 e. The van der Waals surface area contributed by atoms with Gasteiger partial charge in [-0.3, -0.25) is 0 Å². The van der Waals surface area contributed by atoms with Gasteiger partial charge in [-0.25, -0.2) is 10.2 Å². The summed E-state index contributed by atoms with van der Waals surface area (Å²) < 4.78 is 0. The fraction of sp³-hybridized carbons (Fsp3) is 0.200. The molecule has 4 nitrogen and oxygen atoms in total. The summed E-state index contributed by atoms with van der Waals surface area (Å²) in [6.07, 6.45) is 11.7. The molecule has 0 heterocycles. The quantitative estimate of drug-likeness (QED) is 0.501. The number of nitrogens with zero attached hydrogens (tertiary/aromatic N) is 1. The van der Waals surface area contributed by atoms with Gasteiger partial charge < -0.3 is 5.73 Å². The van der Waals surface area contributed by atoms with Crippen LogP contribution in [0.3, 0.4) is 0 Å². The van der Waals surface area contributed by atoms with Crippen LogP contribution in [0.15, 0.2) is 41.6 Å². The summed E-state index contributed by atoms with van der Waals surface area (Å²) in [5.74, 6) is 0.108. The lowest BCUT2D eigenvalue weighted by Gasteiger charge is -2.05. The second kappa shape index (κ2) is 5.01. The van der Waals surface area contributed by atoms with Crippen LogP contribution in [0.1, 0.15) is 6.92 Å². The Balaban J connectivity index is 2.64. The molecule has 0 unspecified atom stereocenters. The van der Waals surface area contributed by atoms with E-state index in [1.54, 1.807) is 0 Å². The van der Waals surface area contributed by atoms with E-state index in [1.807, 2.05) is 43.4 Å². The molecule has 0 aromatic rings. The molecule has 3 N–H and O–H groups in total. The summed E-state index contributed by atoms with van der Waals surface area (Å²) >= 11 is 0. The number of primary amides is 1. The van der Waals surface area contributed by atoms with Crippen molar-refractivity contribution in [3.8, 4) is 0 Å². The van der Waals surface area contributed by atoms with E-state index in [2.05, 4.69) is 10.5 Å². The van der Waals surface area contributed by atoms with Crippen LogP contribution in [0.25, 0.3) is 0 Å². The number of nitrogens with two attached hydrogens (primary N) is 1. The van der Waals surface area contributed by atoms with Crippen molar-refractivity contribution in [2.75, 3.05) is 0 Å². The Morgan fingerprint density at radius 3 is 2.36 bits per heavy atom. The minimum absolute atomic E-state index is 0.108. The number of carbonyl (C=O) groups is 1. The van der Waals surface area contributed by atoms with Crippen LogP contribution in [-0.4, -0.2) is 11.7 Å². The Bertz CT molecular complexity index is 310. The molecule has 74 valence electrons. The molecular weight excluding hydrogens is 178 g/mol. The van der Waals surface area contributed by atoms with Crippen LogP contribution in [0, 0.1) is 5.92 Å². The fourth-order valence-electron chi connectivity index (χ4n) is 1.06. The number of amides is 2. The lowest BCUT2D eigenvalue weighted by molar-refractivity contribution is 0.249. The monoisotopic (exact) mass is 191 g/mol. The lowest BCUT2D eigenvalue weighted by atomic mass is 10.0. The summed E-state index contributed by atoms with van der Waals surface area (Å²) in [6, 6.07) is -0.649. The molecular formula is C10H13N3O. The van der Waals surface area contributed by atoms with E-state index >= 15 is 0 Å². The lowest BCUT2D eigenvalue weighted by Crippen LogP contribution is -2.26. The number of urea groups is 1. The van der Waals surface area contributed by atoms with Crippen LogP contribution in [0.5, 0.6) is 0 Å². The van der Waals surface area contributed by atoms with Crippen molar-refractivity contribution < 1.29 is 4.79 Å². The molecule has 0 bridgehead atoms. The highest BCUT2D eigenvalue weighted by molar-refractivity contribution is 5.88. The van der Waals surface area contributed by atoms with Gasteiger partial charge >= 0.3 is 6.03 Å². The molecule has 1 aliphatic rings. The predicted octanol–water partition coefficient (Wildman–Crippen LogP) is 1.33. The van der Waals surface area contributed by atoms with Gasteiger partial charge in [0.05, 0.1) is 0 Å². The zero-order valence-corrected chi connectivity index (χ0v) is 7.97. The first kappa shape index (κ1) is 10.2. The summed E-state index contributed by atoms with van der Waals surface area (Å²) in [5, 5.41) is 3.85. The number of hydrazone groups is 1. The SMILES string of the molecule is C/C(=N/NC(N)=O)C1C=CC=CC=C1. The Labute approximate surface area is 82.9 Å². The molecule has 0 aliphatic heterocycles. The normalized spacial score (nSPS) is 16.8. The maximum absolute atomic E-state index is 10.4. The third-order valence-electron chi connectivity index (χ3n) is 1.80. The maximum atomic E-state index is 10.4. The van der Waals surface area contributed by atoms with Gasteiger partial charge in [0.15, 0.2) is 0 Å². The largest absolute Gasteiger partial charge is 0.350 e. The van der Waals surface area contributed by atoms with E-state index in [0.717, 1.165) is 5.71 Å². The zero-order chi connectivity index (χ0) is 10.4.